The van der Waals surface area contributed by atoms with Gasteiger partial charge in [-0.3, -0.25) is 4.79 Å². The summed E-state index contributed by atoms with van der Waals surface area (Å²) in [6, 6.07) is 0. The van der Waals surface area contributed by atoms with Crippen LogP contribution in [0.1, 0.15) is 17.4 Å². The molecule has 0 fully saturated rings. The lowest BCUT2D eigenvalue weighted by Crippen LogP contribution is -1.89. The van der Waals surface area contributed by atoms with Crippen molar-refractivity contribution in [3.8, 4) is 0 Å². The van der Waals surface area contributed by atoms with Gasteiger partial charge in [0.05, 0.1) is 17.9 Å². The summed E-state index contributed by atoms with van der Waals surface area (Å²) < 4.78 is 7.35. The number of nitrogens with zero attached hydrogens (tertiary/aromatic N) is 2. The Labute approximate surface area is 50.7 Å². The predicted octanol–water partition coefficient (Wildman–Crippen LogP) is 0.741. The molecule has 0 N–H and O–H groups in total. The zero-order valence-electron chi connectivity index (χ0n) is 4.29. The highest BCUT2D eigenvalue weighted by Gasteiger charge is 1.98. The maximum Gasteiger partial charge on any atom is 0.180 e. The van der Waals surface area contributed by atoms with Crippen LogP contribution in [0.2, 0.25) is 0 Å². The third kappa shape index (κ3) is 0.894. The van der Waals surface area contributed by atoms with Gasteiger partial charge in [-0.25, -0.2) is 0 Å². The van der Waals surface area contributed by atoms with Crippen molar-refractivity contribution < 1.29 is 4.79 Å². The molecule has 1 rings (SSSR count). The van der Waals surface area contributed by atoms with Gasteiger partial charge in [0, 0.05) is 6.92 Å². The molecule has 0 aliphatic carbocycles. The van der Waals surface area contributed by atoms with Gasteiger partial charge in [-0.15, -0.1) is 0 Å². The van der Waals surface area contributed by atoms with Crippen LogP contribution in [0.4, 0.5) is 0 Å². The van der Waals surface area contributed by atoms with Crippen LogP contribution >= 0.6 is 11.7 Å². The Morgan fingerprint density at radius 2 is 2.62 bits per heavy atom. The van der Waals surface area contributed by atoms with E-state index >= 15 is 0 Å². The van der Waals surface area contributed by atoms with E-state index in [0.29, 0.717) is 5.69 Å². The largest absolute Gasteiger partial charge is 0.293 e. The van der Waals surface area contributed by atoms with E-state index in [-0.39, 0.29) is 5.78 Å². The monoisotopic (exact) mass is 128 g/mol. The molecule has 0 atom stereocenters. The van der Waals surface area contributed by atoms with E-state index in [4.69, 9.17) is 0 Å². The van der Waals surface area contributed by atoms with E-state index in [2.05, 4.69) is 8.75 Å². The first kappa shape index (κ1) is 5.37. The van der Waals surface area contributed by atoms with Crippen LogP contribution in [0.3, 0.4) is 0 Å². The molecule has 0 unspecified atom stereocenters. The Morgan fingerprint density at radius 3 is 2.88 bits per heavy atom. The molecule has 1 aromatic heterocycles. The molecule has 0 aromatic carbocycles. The summed E-state index contributed by atoms with van der Waals surface area (Å²) in [4.78, 5) is 10.4. The van der Waals surface area contributed by atoms with E-state index < -0.39 is 0 Å². The molecule has 4 heteroatoms. The van der Waals surface area contributed by atoms with Gasteiger partial charge in [0.1, 0.15) is 5.69 Å². The zero-order valence-corrected chi connectivity index (χ0v) is 5.10. The van der Waals surface area contributed by atoms with Crippen LogP contribution < -0.4 is 0 Å². The Bertz CT molecular complexity index is 182. The molecule has 0 aliphatic heterocycles. The van der Waals surface area contributed by atoms with E-state index in [1.54, 1.807) is 0 Å². The van der Waals surface area contributed by atoms with E-state index in [1.165, 1.54) is 13.1 Å². The molecule has 3 nitrogen and oxygen atoms in total. The molecule has 1 aromatic rings. The standard InChI is InChI=1S/C4H4N2OS/c1-3(7)4-2-5-8-6-4/h2H,1H3. The summed E-state index contributed by atoms with van der Waals surface area (Å²) in [6.45, 7) is 1.47. The second-order valence-corrected chi connectivity index (χ2v) is 1.91. The second kappa shape index (κ2) is 2.00. The normalized spacial score (nSPS) is 9.12. The number of carbonyl (C=O) groups is 1. The minimum absolute atomic E-state index is 0.0289. The highest BCUT2D eigenvalue weighted by molar-refractivity contribution is 6.99. The fourth-order valence-corrected chi connectivity index (χ4v) is 0.778. The first-order valence-electron chi connectivity index (χ1n) is 2.09. The third-order valence-corrected chi connectivity index (χ3v) is 1.20. The van der Waals surface area contributed by atoms with Gasteiger partial charge in [0.2, 0.25) is 0 Å². The van der Waals surface area contributed by atoms with E-state index in [0.717, 1.165) is 11.7 Å². The quantitative estimate of drug-likeness (QED) is 0.524. The van der Waals surface area contributed by atoms with Crippen molar-refractivity contribution in [3.05, 3.63) is 11.9 Å². The highest BCUT2D eigenvalue weighted by atomic mass is 32.1. The fraction of sp³-hybridized carbons (Fsp3) is 0.250. The van der Waals surface area contributed by atoms with Gasteiger partial charge in [-0.2, -0.15) is 8.75 Å². The molecule has 1 heterocycles. The Hall–Kier alpha value is -0.770. The van der Waals surface area contributed by atoms with Gasteiger partial charge >= 0.3 is 0 Å². The summed E-state index contributed by atoms with van der Waals surface area (Å²) in [6.07, 6.45) is 1.47. The van der Waals surface area contributed by atoms with Gasteiger partial charge < -0.3 is 0 Å². The number of carbonyl (C=O) groups excluding carboxylic acids is 1. The maximum atomic E-state index is 10.4. The number of ketones is 1. The number of hydrogen-bond acceptors (Lipinski definition) is 4. The summed E-state index contributed by atoms with van der Waals surface area (Å²) in [5.74, 6) is -0.0289. The van der Waals surface area contributed by atoms with Crippen LogP contribution in [0.15, 0.2) is 6.20 Å². The van der Waals surface area contributed by atoms with Crippen LogP contribution in [0.5, 0.6) is 0 Å². The third-order valence-electron chi connectivity index (χ3n) is 0.722. The second-order valence-electron chi connectivity index (χ2n) is 1.35. The lowest BCUT2D eigenvalue weighted by atomic mass is 10.3. The van der Waals surface area contributed by atoms with Crippen molar-refractivity contribution >= 4 is 17.5 Å². The molecule has 0 saturated carbocycles. The molecule has 0 spiro atoms. The topological polar surface area (TPSA) is 42.9 Å². The molecule has 0 bridgehead atoms. The van der Waals surface area contributed by atoms with Crippen molar-refractivity contribution in [2.24, 2.45) is 0 Å². The molecule has 42 valence electrons. The number of aromatic nitrogens is 2. The van der Waals surface area contributed by atoms with Crippen LogP contribution in [0, 0.1) is 0 Å². The minimum atomic E-state index is -0.0289. The molecule has 0 amide bonds. The molecule has 0 saturated heterocycles. The van der Waals surface area contributed by atoms with Gasteiger partial charge in [-0.05, 0) is 0 Å². The molecular formula is C4H4N2OS. The molecule has 0 radical (unpaired) electrons. The van der Waals surface area contributed by atoms with Gasteiger partial charge in [0.25, 0.3) is 0 Å². The van der Waals surface area contributed by atoms with Gasteiger partial charge in [0.15, 0.2) is 5.78 Å². The Kier molecular flexibility index (Phi) is 1.34. The highest BCUT2D eigenvalue weighted by Crippen LogP contribution is 1.94. The van der Waals surface area contributed by atoms with E-state index in [1.807, 2.05) is 0 Å². The lowest BCUT2D eigenvalue weighted by molar-refractivity contribution is 0.101. The van der Waals surface area contributed by atoms with Crippen molar-refractivity contribution in [1.29, 1.82) is 0 Å². The van der Waals surface area contributed by atoms with Crippen molar-refractivity contribution in [2.75, 3.05) is 0 Å². The molecule has 8 heavy (non-hydrogen) atoms. The smallest absolute Gasteiger partial charge is 0.180 e. The zero-order chi connectivity index (χ0) is 5.98. The number of Topliss-reactive ketones (excluding diaryl/α,β-unsaturated/α-hetero) is 1. The van der Waals surface area contributed by atoms with Crippen LogP contribution in [-0.2, 0) is 0 Å². The van der Waals surface area contributed by atoms with Gasteiger partial charge in [-0.1, -0.05) is 0 Å². The van der Waals surface area contributed by atoms with Crippen LogP contribution in [-0.4, -0.2) is 14.5 Å². The first-order valence-corrected chi connectivity index (χ1v) is 2.82. The average Bonchev–Trinajstić information content (AvgIpc) is 2.12. The maximum absolute atomic E-state index is 10.4. The van der Waals surface area contributed by atoms with Crippen LogP contribution in [0.25, 0.3) is 0 Å². The van der Waals surface area contributed by atoms with Crippen molar-refractivity contribution in [2.45, 2.75) is 6.92 Å². The summed E-state index contributed by atoms with van der Waals surface area (Å²) in [5, 5.41) is 0. The summed E-state index contributed by atoms with van der Waals surface area (Å²) in [7, 11) is 0. The average molecular weight is 128 g/mol. The number of hydrogen-bond donors (Lipinski definition) is 0. The SMILES string of the molecule is CC(=O)c1cnsn1. The number of rotatable bonds is 1. The lowest BCUT2D eigenvalue weighted by Gasteiger charge is -1.76. The minimum Gasteiger partial charge on any atom is -0.293 e. The molecular weight excluding hydrogens is 124 g/mol. The first-order chi connectivity index (χ1) is 3.80. The summed E-state index contributed by atoms with van der Waals surface area (Å²) in [5.41, 5.74) is 0.454. The van der Waals surface area contributed by atoms with Crippen molar-refractivity contribution in [3.63, 3.8) is 0 Å². The Balaban J connectivity index is 2.93. The van der Waals surface area contributed by atoms with E-state index in [9.17, 15) is 4.79 Å². The Morgan fingerprint density at radius 1 is 1.88 bits per heavy atom. The fourth-order valence-electron chi connectivity index (χ4n) is 0.320. The molecule has 0 aliphatic rings. The van der Waals surface area contributed by atoms with Crippen molar-refractivity contribution in [1.82, 2.24) is 8.75 Å². The summed E-state index contributed by atoms with van der Waals surface area (Å²) >= 11 is 1.05. The predicted molar refractivity (Wildman–Crippen MR) is 29.9 cm³/mol.